The molecule has 0 spiro atoms. The lowest BCUT2D eigenvalue weighted by atomic mass is 9.46. The summed E-state index contributed by atoms with van der Waals surface area (Å²) >= 11 is 0. The normalized spacial score (nSPS) is 42.9. The van der Waals surface area contributed by atoms with Crippen molar-refractivity contribution in [2.24, 2.45) is 34.5 Å². The van der Waals surface area contributed by atoms with E-state index in [0.717, 1.165) is 31.3 Å². The van der Waals surface area contributed by atoms with Crippen LogP contribution >= 0.6 is 0 Å². The SMILES string of the molecule is CC(=O)O[C@H](CCC(C)(C)O)[C@@H](C)[C@H]1CC[C@@]2(O)C3=CC(=O)[C@@H]4C[C@H](O)CC[C@]4(C)C3CC[C@]12C. The number of ether oxygens (including phenoxy) is 1. The molecule has 0 bridgehead atoms. The molecule has 0 aromatic rings. The van der Waals surface area contributed by atoms with Crippen molar-refractivity contribution in [3.05, 3.63) is 11.6 Å². The maximum Gasteiger partial charge on any atom is 0.302 e. The molecule has 3 fully saturated rings. The molecule has 6 heteroatoms. The molecule has 4 rings (SSSR count). The number of carbonyl (C=O) groups is 2. The summed E-state index contributed by atoms with van der Waals surface area (Å²) in [5.74, 6) is -0.115. The fraction of sp³-hybridized carbons (Fsp3) is 0.862. The zero-order valence-electron chi connectivity index (χ0n) is 22.5. The van der Waals surface area contributed by atoms with E-state index in [4.69, 9.17) is 4.74 Å². The van der Waals surface area contributed by atoms with Crippen LogP contribution in [0, 0.1) is 34.5 Å². The second-order valence-corrected chi connectivity index (χ2v) is 13.4. The van der Waals surface area contributed by atoms with E-state index in [9.17, 15) is 24.9 Å². The van der Waals surface area contributed by atoms with E-state index >= 15 is 0 Å². The van der Waals surface area contributed by atoms with Gasteiger partial charge in [0.1, 0.15) is 6.10 Å². The highest BCUT2D eigenvalue weighted by molar-refractivity contribution is 5.95. The summed E-state index contributed by atoms with van der Waals surface area (Å²) in [6.07, 6.45) is 7.35. The Morgan fingerprint density at radius 2 is 1.86 bits per heavy atom. The van der Waals surface area contributed by atoms with Crippen LogP contribution in [0.25, 0.3) is 0 Å². The molecule has 4 aliphatic carbocycles. The third-order valence-corrected chi connectivity index (χ3v) is 10.7. The van der Waals surface area contributed by atoms with Gasteiger partial charge in [-0.25, -0.2) is 0 Å². The summed E-state index contributed by atoms with van der Waals surface area (Å²) in [5.41, 5.74) is -1.61. The third kappa shape index (κ3) is 4.42. The molecule has 0 heterocycles. The minimum absolute atomic E-state index is 0.0184. The predicted molar refractivity (Wildman–Crippen MR) is 133 cm³/mol. The molecule has 0 radical (unpaired) electrons. The molecule has 3 saturated carbocycles. The number of aliphatic hydroxyl groups excluding tert-OH is 1. The smallest absolute Gasteiger partial charge is 0.302 e. The van der Waals surface area contributed by atoms with Gasteiger partial charge in [0.15, 0.2) is 5.78 Å². The lowest BCUT2D eigenvalue weighted by molar-refractivity contribution is -0.156. The highest BCUT2D eigenvalue weighted by Gasteiger charge is 2.66. The topological polar surface area (TPSA) is 104 Å². The van der Waals surface area contributed by atoms with Crippen LogP contribution in [0.2, 0.25) is 0 Å². The van der Waals surface area contributed by atoms with E-state index in [-0.39, 0.29) is 46.9 Å². The summed E-state index contributed by atoms with van der Waals surface area (Å²) < 4.78 is 5.77. The zero-order valence-corrected chi connectivity index (χ0v) is 22.5. The van der Waals surface area contributed by atoms with Crippen LogP contribution in [0.3, 0.4) is 0 Å². The van der Waals surface area contributed by atoms with Crippen molar-refractivity contribution in [1.29, 1.82) is 0 Å². The quantitative estimate of drug-likeness (QED) is 0.479. The Bertz CT molecular complexity index is 888. The molecule has 35 heavy (non-hydrogen) atoms. The average Bonchev–Trinajstić information content (AvgIpc) is 3.03. The number of allylic oxidation sites excluding steroid dienone is 1. The minimum Gasteiger partial charge on any atom is -0.462 e. The van der Waals surface area contributed by atoms with E-state index in [2.05, 4.69) is 20.8 Å². The fourth-order valence-corrected chi connectivity index (χ4v) is 8.60. The Kier molecular flexibility index (Phi) is 6.86. The van der Waals surface area contributed by atoms with Crippen LogP contribution in [0.1, 0.15) is 99.3 Å². The highest BCUT2D eigenvalue weighted by atomic mass is 16.5. The van der Waals surface area contributed by atoms with Gasteiger partial charge < -0.3 is 20.1 Å². The van der Waals surface area contributed by atoms with Crippen molar-refractivity contribution in [3.63, 3.8) is 0 Å². The first-order valence-corrected chi connectivity index (χ1v) is 13.7. The van der Waals surface area contributed by atoms with Crippen LogP contribution in [0.5, 0.6) is 0 Å². The Balaban J connectivity index is 1.64. The molecule has 0 saturated heterocycles. The van der Waals surface area contributed by atoms with Crippen LogP contribution in [0.15, 0.2) is 11.6 Å². The van der Waals surface area contributed by atoms with Crippen LogP contribution in [-0.4, -0.2) is 50.5 Å². The summed E-state index contributed by atoms with van der Waals surface area (Å²) in [7, 11) is 0. The Morgan fingerprint density at radius 3 is 2.49 bits per heavy atom. The number of aliphatic hydroxyl groups is 3. The molecule has 1 unspecified atom stereocenters. The second-order valence-electron chi connectivity index (χ2n) is 13.4. The van der Waals surface area contributed by atoms with Gasteiger partial charge in [-0.2, -0.15) is 0 Å². The van der Waals surface area contributed by atoms with E-state index in [1.807, 2.05) is 0 Å². The zero-order chi connectivity index (χ0) is 26.0. The number of hydrogen-bond donors (Lipinski definition) is 3. The summed E-state index contributed by atoms with van der Waals surface area (Å²) in [6.45, 7) is 11.5. The molecule has 3 N–H and O–H groups in total. The maximum absolute atomic E-state index is 13.3. The summed E-state index contributed by atoms with van der Waals surface area (Å²) in [6, 6.07) is 0. The van der Waals surface area contributed by atoms with E-state index in [0.29, 0.717) is 32.1 Å². The molecule has 0 aromatic heterocycles. The number of esters is 1. The van der Waals surface area contributed by atoms with E-state index < -0.39 is 22.7 Å². The molecule has 0 amide bonds. The first-order chi connectivity index (χ1) is 16.1. The van der Waals surface area contributed by atoms with Crippen molar-refractivity contribution in [3.8, 4) is 0 Å². The lowest BCUT2D eigenvalue weighted by Gasteiger charge is -2.59. The molecule has 9 atom stereocenters. The summed E-state index contributed by atoms with van der Waals surface area (Å²) in [4.78, 5) is 25.3. The Hall–Kier alpha value is -1.24. The van der Waals surface area contributed by atoms with Gasteiger partial charge >= 0.3 is 5.97 Å². The molecule has 0 aromatic carbocycles. The molecule has 4 aliphatic rings. The van der Waals surface area contributed by atoms with Crippen molar-refractivity contribution < 1.29 is 29.6 Å². The number of ketones is 1. The van der Waals surface area contributed by atoms with Gasteiger partial charge in [0, 0.05) is 18.3 Å². The number of hydrogen-bond acceptors (Lipinski definition) is 6. The van der Waals surface area contributed by atoms with Crippen LogP contribution < -0.4 is 0 Å². The molecule has 6 nitrogen and oxygen atoms in total. The molecular weight excluding hydrogens is 444 g/mol. The standard InChI is InChI=1S/C29H46O6/c1-17(25(35-18(2)30)10-11-26(3,4)33)20-9-14-29(34)22-16-24(32)23-15-19(31)7-12-27(23,5)21(22)8-13-28(20,29)6/h16-17,19-21,23,25,31,33-34H,7-15H2,1-6H3/t17-,19+,20+,21?,23-,25+,27+,28+,29+/m0/s1. The van der Waals surface area contributed by atoms with Crippen molar-refractivity contribution in [2.75, 3.05) is 0 Å². The summed E-state index contributed by atoms with van der Waals surface area (Å²) in [5, 5.41) is 32.9. The van der Waals surface area contributed by atoms with Gasteiger partial charge in [-0.05, 0) is 106 Å². The fourth-order valence-electron chi connectivity index (χ4n) is 8.60. The van der Waals surface area contributed by atoms with E-state index in [1.54, 1.807) is 19.9 Å². The highest BCUT2D eigenvalue weighted by Crippen LogP contribution is 2.68. The first kappa shape index (κ1) is 26.8. The van der Waals surface area contributed by atoms with E-state index in [1.165, 1.54) is 6.92 Å². The van der Waals surface area contributed by atoms with Crippen LogP contribution in [-0.2, 0) is 14.3 Å². The first-order valence-electron chi connectivity index (χ1n) is 13.7. The van der Waals surface area contributed by atoms with Crippen LogP contribution in [0.4, 0.5) is 0 Å². The third-order valence-electron chi connectivity index (χ3n) is 10.7. The average molecular weight is 491 g/mol. The number of carbonyl (C=O) groups excluding carboxylic acids is 2. The van der Waals surface area contributed by atoms with Gasteiger partial charge in [0.05, 0.1) is 17.3 Å². The lowest BCUT2D eigenvalue weighted by Crippen LogP contribution is -2.59. The monoisotopic (exact) mass is 490 g/mol. The molecular formula is C29H46O6. The number of rotatable bonds is 6. The van der Waals surface area contributed by atoms with Gasteiger partial charge in [-0.3, -0.25) is 9.59 Å². The van der Waals surface area contributed by atoms with Crippen molar-refractivity contribution in [2.45, 2.75) is 123 Å². The molecule has 198 valence electrons. The predicted octanol–water partition coefficient (Wildman–Crippen LogP) is 4.34. The minimum atomic E-state index is -1.05. The van der Waals surface area contributed by atoms with Gasteiger partial charge in [0.25, 0.3) is 0 Å². The van der Waals surface area contributed by atoms with Crippen molar-refractivity contribution in [1.82, 2.24) is 0 Å². The number of fused-ring (bicyclic) bond motifs is 5. The van der Waals surface area contributed by atoms with Gasteiger partial charge in [-0.1, -0.05) is 20.8 Å². The Morgan fingerprint density at radius 1 is 1.17 bits per heavy atom. The second kappa shape index (κ2) is 8.95. The maximum atomic E-state index is 13.3. The largest absolute Gasteiger partial charge is 0.462 e. The van der Waals surface area contributed by atoms with Gasteiger partial charge in [0.2, 0.25) is 0 Å². The van der Waals surface area contributed by atoms with Crippen molar-refractivity contribution >= 4 is 11.8 Å². The molecule has 0 aliphatic heterocycles. The van der Waals surface area contributed by atoms with Gasteiger partial charge in [-0.15, -0.1) is 0 Å². The Labute approximate surface area is 210 Å².